The number of unbranched alkanes of at least 4 members (excludes halogenated alkanes) is 1. The molecule has 0 aliphatic heterocycles. The highest BCUT2D eigenvalue weighted by Crippen LogP contribution is 2.20. The van der Waals surface area contributed by atoms with E-state index in [0.717, 1.165) is 5.56 Å². The van der Waals surface area contributed by atoms with Crippen molar-refractivity contribution in [3.8, 4) is 0 Å². The quantitative estimate of drug-likeness (QED) is 0.527. The van der Waals surface area contributed by atoms with E-state index in [1.165, 1.54) is 38.2 Å². The Morgan fingerprint density at radius 2 is 1.46 bits per heavy atom. The van der Waals surface area contributed by atoms with Crippen molar-refractivity contribution in [1.29, 1.82) is 0 Å². The Morgan fingerprint density at radius 1 is 1.04 bits per heavy atom. The molecule has 1 aromatic heterocycles. The number of thiophene rings is 1. The maximum absolute atomic E-state index is 11.0. The van der Waals surface area contributed by atoms with Crippen LogP contribution in [-0.2, 0) is 14.3 Å². The van der Waals surface area contributed by atoms with Crippen LogP contribution >= 0.6 is 11.3 Å². The van der Waals surface area contributed by atoms with Crippen molar-refractivity contribution in [2.75, 3.05) is 7.11 Å². The van der Waals surface area contributed by atoms with E-state index >= 15 is 0 Å². The third-order valence-corrected chi connectivity index (χ3v) is 3.65. The summed E-state index contributed by atoms with van der Waals surface area (Å²) in [4.78, 5) is 22.4. The van der Waals surface area contributed by atoms with E-state index in [-0.39, 0.29) is 17.5 Å². The molecule has 154 valence electrons. The van der Waals surface area contributed by atoms with Gasteiger partial charge in [-0.2, -0.15) is 0 Å². The van der Waals surface area contributed by atoms with Crippen molar-refractivity contribution in [3.05, 3.63) is 21.4 Å². The van der Waals surface area contributed by atoms with Crippen LogP contribution in [0.15, 0.2) is 5.38 Å². The number of carbonyl (C=O) groups is 2. The number of carbonyl (C=O) groups excluding carboxylic acids is 2. The van der Waals surface area contributed by atoms with Crippen LogP contribution in [-0.4, -0.2) is 24.6 Å². The van der Waals surface area contributed by atoms with E-state index < -0.39 is 0 Å². The van der Waals surface area contributed by atoms with Crippen LogP contribution in [0.25, 0.3) is 0 Å². The number of methoxy groups -OCH3 is 1. The summed E-state index contributed by atoms with van der Waals surface area (Å²) in [7, 11) is 1.40. The van der Waals surface area contributed by atoms with Crippen LogP contribution < -0.4 is 0 Å². The highest BCUT2D eigenvalue weighted by molar-refractivity contribution is 7.10. The molecule has 5 heteroatoms. The van der Waals surface area contributed by atoms with Gasteiger partial charge in [0, 0.05) is 17.2 Å². The van der Waals surface area contributed by atoms with Gasteiger partial charge < -0.3 is 9.47 Å². The molecule has 0 saturated carbocycles. The first-order valence-corrected chi connectivity index (χ1v) is 10.1. The Hall–Kier alpha value is -1.36. The molecule has 1 aromatic rings. The minimum absolute atomic E-state index is 0.225. The van der Waals surface area contributed by atoms with E-state index in [1.54, 1.807) is 11.3 Å². The lowest BCUT2D eigenvalue weighted by molar-refractivity contribution is -0.151. The van der Waals surface area contributed by atoms with Crippen LogP contribution in [0.4, 0.5) is 0 Å². The second-order valence-corrected chi connectivity index (χ2v) is 7.82. The summed E-state index contributed by atoms with van der Waals surface area (Å²) in [6.45, 7) is 19.5. The smallest absolute Gasteiger partial charge is 0.338 e. The second kappa shape index (κ2) is 17.1. The zero-order valence-corrected chi connectivity index (χ0v) is 19.6. The fourth-order valence-electron chi connectivity index (χ4n) is 1.26. The summed E-state index contributed by atoms with van der Waals surface area (Å²) >= 11 is 1.57. The molecule has 0 N–H and O–H groups in total. The Bertz CT molecular complexity index is 483. The molecule has 1 rings (SSSR count). The van der Waals surface area contributed by atoms with Gasteiger partial charge in [-0.25, -0.2) is 4.79 Å². The van der Waals surface area contributed by atoms with Crippen molar-refractivity contribution in [2.24, 2.45) is 0 Å². The molecular formula is C21H40O4S. The van der Waals surface area contributed by atoms with E-state index in [1.807, 2.05) is 40.0 Å². The molecule has 0 aromatic carbocycles. The van der Waals surface area contributed by atoms with Crippen molar-refractivity contribution in [3.63, 3.8) is 0 Å². The molecule has 0 saturated heterocycles. The maximum atomic E-state index is 11.0. The van der Waals surface area contributed by atoms with Crippen molar-refractivity contribution < 1.29 is 19.1 Å². The zero-order valence-electron chi connectivity index (χ0n) is 18.7. The molecule has 0 radical (unpaired) electrons. The minimum atomic E-state index is -0.328. The van der Waals surface area contributed by atoms with Crippen molar-refractivity contribution >= 4 is 23.3 Å². The summed E-state index contributed by atoms with van der Waals surface area (Å²) in [5.41, 5.74) is 1.39. The van der Waals surface area contributed by atoms with E-state index in [4.69, 9.17) is 4.74 Å². The maximum Gasteiger partial charge on any atom is 0.338 e. The molecule has 0 spiro atoms. The predicted octanol–water partition coefficient (Wildman–Crippen LogP) is 6.72. The first kappa shape index (κ1) is 29.4. The molecule has 0 fully saturated rings. The predicted molar refractivity (Wildman–Crippen MR) is 113 cm³/mol. The number of aryl methyl sites for hydroxylation is 1. The summed E-state index contributed by atoms with van der Waals surface area (Å²) in [6.07, 6.45) is 3.89. The highest BCUT2D eigenvalue weighted by Gasteiger charge is 2.12. The van der Waals surface area contributed by atoms with Gasteiger partial charge in [-0.1, -0.05) is 47.0 Å². The van der Waals surface area contributed by atoms with Crippen LogP contribution in [0.2, 0.25) is 0 Å². The van der Waals surface area contributed by atoms with Gasteiger partial charge in [-0.05, 0) is 40.2 Å². The van der Waals surface area contributed by atoms with Gasteiger partial charge in [0.1, 0.15) is 5.60 Å². The molecule has 0 aliphatic carbocycles. The third kappa shape index (κ3) is 19.0. The average Bonchev–Trinajstić information content (AvgIpc) is 2.85. The SMILES string of the molecule is CC(=O)OC(C)(C)C.CCC.CCCC.COC(=O)c1csc(C)c1C. The Balaban J connectivity index is -0.000000309. The molecule has 0 bridgehead atoms. The summed E-state index contributed by atoms with van der Waals surface area (Å²) in [5.74, 6) is -0.468. The average molecular weight is 389 g/mol. The lowest BCUT2D eigenvalue weighted by Gasteiger charge is -2.17. The molecule has 0 amide bonds. The fourth-order valence-corrected chi connectivity index (χ4v) is 2.11. The van der Waals surface area contributed by atoms with E-state index in [0.29, 0.717) is 5.56 Å². The molecule has 0 unspecified atom stereocenters. The van der Waals surface area contributed by atoms with Gasteiger partial charge in [0.05, 0.1) is 12.7 Å². The van der Waals surface area contributed by atoms with Crippen LogP contribution in [0.3, 0.4) is 0 Å². The summed E-state index contributed by atoms with van der Waals surface area (Å²) in [6, 6.07) is 0. The largest absolute Gasteiger partial charge is 0.465 e. The van der Waals surface area contributed by atoms with Gasteiger partial charge in [0.25, 0.3) is 0 Å². The van der Waals surface area contributed by atoms with Gasteiger partial charge >= 0.3 is 11.9 Å². The first-order chi connectivity index (χ1) is 11.9. The van der Waals surface area contributed by atoms with Crippen LogP contribution in [0.5, 0.6) is 0 Å². The van der Waals surface area contributed by atoms with Gasteiger partial charge in [-0.15, -0.1) is 11.3 Å². The molecule has 26 heavy (non-hydrogen) atoms. The Morgan fingerprint density at radius 3 is 1.62 bits per heavy atom. The normalized spacial score (nSPS) is 9.35. The van der Waals surface area contributed by atoms with Crippen molar-refractivity contribution in [2.45, 2.75) is 94.1 Å². The molecule has 0 aliphatic rings. The highest BCUT2D eigenvalue weighted by atomic mass is 32.1. The Kier molecular flexibility index (Phi) is 19.3. The molecule has 4 nitrogen and oxygen atoms in total. The first-order valence-electron chi connectivity index (χ1n) is 9.24. The standard InChI is InChI=1S/C8H10O2S.C6H12O2.C4H10.C3H8/c1-5-6(2)11-4-7(5)8(9)10-3;1-5(7)8-6(2,3)4;1-3-4-2;1-3-2/h4H,1-3H3;1-4H3;3-4H2,1-2H3;3H2,1-2H3. The number of ether oxygens (including phenoxy) is 2. The topological polar surface area (TPSA) is 52.6 Å². The number of esters is 2. The lowest BCUT2D eigenvalue weighted by atomic mass is 10.2. The minimum Gasteiger partial charge on any atom is -0.465 e. The third-order valence-electron chi connectivity index (χ3n) is 2.64. The lowest BCUT2D eigenvalue weighted by Crippen LogP contribution is -2.21. The Labute approximate surface area is 165 Å². The van der Waals surface area contributed by atoms with Crippen LogP contribution in [0.1, 0.15) is 95.5 Å². The van der Waals surface area contributed by atoms with Gasteiger partial charge in [0.2, 0.25) is 0 Å². The van der Waals surface area contributed by atoms with Gasteiger partial charge in [-0.3, -0.25) is 4.79 Å². The molecule has 0 atom stereocenters. The zero-order chi connectivity index (χ0) is 21.3. The summed E-state index contributed by atoms with van der Waals surface area (Å²) in [5, 5.41) is 1.83. The van der Waals surface area contributed by atoms with Crippen LogP contribution in [0, 0.1) is 13.8 Å². The monoisotopic (exact) mass is 388 g/mol. The van der Waals surface area contributed by atoms with E-state index in [9.17, 15) is 9.59 Å². The molecular weight excluding hydrogens is 348 g/mol. The number of hydrogen-bond donors (Lipinski definition) is 0. The van der Waals surface area contributed by atoms with E-state index in [2.05, 4.69) is 32.4 Å². The van der Waals surface area contributed by atoms with Crippen molar-refractivity contribution in [1.82, 2.24) is 0 Å². The summed E-state index contributed by atoms with van der Waals surface area (Å²) < 4.78 is 9.40. The number of hydrogen-bond acceptors (Lipinski definition) is 5. The van der Waals surface area contributed by atoms with Gasteiger partial charge in [0.15, 0.2) is 0 Å². The number of rotatable bonds is 2. The molecule has 1 heterocycles. The fraction of sp³-hybridized carbons (Fsp3) is 0.714. The second-order valence-electron chi connectivity index (χ2n) is 6.74.